The molecule has 10 heavy (non-hydrogen) atoms. The molecule has 0 aliphatic heterocycles. The summed E-state index contributed by atoms with van der Waals surface area (Å²) in [6.45, 7) is 0.778. The van der Waals surface area contributed by atoms with E-state index in [9.17, 15) is 0 Å². The molecule has 0 spiro atoms. The van der Waals surface area contributed by atoms with Crippen LogP contribution in [0.5, 0.6) is 0 Å². The maximum Gasteiger partial charge on any atom is 0.0502 e. The van der Waals surface area contributed by atoms with Gasteiger partial charge in [-0.05, 0) is 18.1 Å². The van der Waals surface area contributed by atoms with Crippen molar-refractivity contribution >= 4 is 0 Å². The number of hydrogen-bond acceptors (Lipinski definition) is 1. The van der Waals surface area contributed by atoms with E-state index >= 15 is 0 Å². The first kappa shape index (κ1) is 7.29. The summed E-state index contributed by atoms with van der Waals surface area (Å²) in [6, 6.07) is 11.1. The maximum absolute atomic E-state index is 4.93. The molecule has 0 aliphatic carbocycles. The van der Waals surface area contributed by atoms with Crippen molar-refractivity contribution in [3.05, 3.63) is 35.9 Å². The molecule has 1 rings (SSSR count). The molecule has 1 radical (unpaired) electrons. The lowest BCUT2D eigenvalue weighted by Gasteiger charge is -1.96. The van der Waals surface area contributed by atoms with Crippen LogP contribution in [0.2, 0.25) is 0 Å². The van der Waals surface area contributed by atoms with Crippen LogP contribution in [0.25, 0.3) is 0 Å². The van der Waals surface area contributed by atoms with Gasteiger partial charge in [0.25, 0.3) is 0 Å². The van der Waals surface area contributed by atoms with Crippen LogP contribution < -0.4 is 0 Å². The highest BCUT2D eigenvalue weighted by molar-refractivity contribution is 5.12. The maximum atomic E-state index is 4.93. The zero-order valence-corrected chi connectivity index (χ0v) is 6.13. The molecule has 0 amide bonds. The van der Waals surface area contributed by atoms with Gasteiger partial charge in [-0.1, -0.05) is 24.3 Å². The van der Waals surface area contributed by atoms with Crippen LogP contribution in [0.1, 0.15) is 5.56 Å². The minimum atomic E-state index is 0.778. The van der Waals surface area contributed by atoms with Crippen molar-refractivity contribution in [3.63, 3.8) is 0 Å². The Hall–Kier alpha value is -0.820. The van der Waals surface area contributed by atoms with Crippen LogP contribution in [0.3, 0.4) is 0 Å². The van der Waals surface area contributed by atoms with E-state index in [1.165, 1.54) is 5.56 Å². The normalized spacial score (nSPS) is 9.70. The standard InChI is InChI=1S/C9H11O/c1-10-8-7-9-5-3-2-4-6-9/h2-5H,7-8H2,1H3. The molecule has 0 saturated heterocycles. The van der Waals surface area contributed by atoms with E-state index in [0.29, 0.717) is 0 Å². The molecule has 0 fully saturated rings. The molecule has 0 atom stereocenters. The fourth-order valence-electron chi connectivity index (χ4n) is 0.798. The van der Waals surface area contributed by atoms with Crippen molar-refractivity contribution < 1.29 is 4.74 Å². The van der Waals surface area contributed by atoms with Gasteiger partial charge in [0.05, 0.1) is 6.61 Å². The summed E-state index contributed by atoms with van der Waals surface area (Å²) in [4.78, 5) is 0. The molecule has 0 saturated carbocycles. The summed E-state index contributed by atoms with van der Waals surface area (Å²) in [7, 11) is 1.71. The molecular weight excluding hydrogens is 124 g/mol. The lowest BCUT2D eigenvalue weighted by Crippen LogP contribution is -1.93. The lowest BCUT2D eigenvalue weighted by molar-refractivity contribution is 0.202. The van der Waals surface area contributed by atoms with Crippen LogP contribution in [0.4, 0.5) is 0 Å². The van der Waals surface area contributed by atoms with Crippen molar-refractivity contribution in [3.8, 4) is 0 Å². The molecule has 53 valence electrons. The molecule has 1 nitrogen and oxygen atoms in total. The van der Waals surface area contributed by atoms with Crippen molar-refractivity contribution in [2.75, 3.05) is 13.7 Å². The van der Waals surface area contributed by atoms with Crippen LogP contribution in [-0.4, -0.2) is 13.7 Å². The molecule has 0 aliphatic rings. The first-order chi connectivity index (χ1) is 4.93. The van der Waals surface area contributed by atoms with Gasteiger partial charge in [-0.15, -0.1) is 0 Å². The highest BCUT2D eigenvalue weighted by Gasteiger charge is 1.88. The van der Waals surface area contributed by atoms with Gasteiger partial charge in [0, 0.05) is 7.11 Å². The van der Waals surface area contributed by atoms with Crippen molar-refractivity contribution in [2.45, 2.75) is 6.42 Å². The second-order valence-corrected chi connectivity index (χ2v) is 2.13. The lowest BCUT2D eigenvalue weighted by atomic mass is 10.2. The highest BCUT2D eigenvalue weighted by Crippen LogP contribution is 1.97. The molecular formula is C9H11O. The summed E-state index contributed by atoms with van der Waals surface area (Å²) >= 11 is 0. The summed E-state index contributed by atoms with van der Waals surface area (Å²) in [6.07, 6.45) is 0.956. The Labute approximate surface area is 61.6 Å². The van der Waals surface area contributed by atoms with Gasteiger partial charge in [0.2, 0.25) is 0 Å². The minimum absolute atomic E-state index is 0.778. The average Bonchev–Trinajstić information content (AvgIpc) is 2.03. The zero-order valence-electron chi connectivity index (χ0n) is 6.13. The van der Waals surface area contributed by atoms with E-state index in [-0.39, 0.29) is 0 Å². The predicted octanol–water partition coefficient (Wildman–Crippen LogP) is 1.68. The third-order valence-electron chi connectivity index (χ3n) is 1.35. The van der Waals surface area contributed by atoms with Crippen molar-refractivity contribution in [1.82, 2.24) is 0 Å². The fraction of sp³-hybridized carbons (Fsp3) is 0.333. The topological polar surface area (TPSA) is 9.23 Å². The molecule has 1 aromatic carbocycles. The van der Waals surface area contributed by atoms with E-state index in [2.05, 4.69) is 12.1 Å². The SMILES string of the molecule is COCCc1[c]cccc1. The molecule has 0 bridgehead atoms. The zero-order chi connectivity index (χ0) is 7.23. The summed E-state index contributed by atoms with van der Waals surface area (Å²) in [5.74, 6) is 0. The summed E-state index contributed by atoms with van der Waals surface area (Å²) in [5.41, 5.74) is 1.21. The second kappa shape index (κ2) is 4.07. The van der Waals surface area contributed by atoms with Crippen LogP contribution in [-0.2, 0) is 11.2 Å². The minimum Gasteiger partial charge on any atom is -0.384 e. The van der Waals surface area contributed by atoms with E-state index in [1.807, 2.05) is 18.2 Å². The van der Waals surface area contributed by atoms with E-state index in [4.69, 9.17) is 4.74 Å². The largest absolute Gasteiger partial charge is 0.384 e. The monoisotopic (exact) mass is 135 g/mol. The Bertz CT molecular complexity index is 169. The molecule has 0 unspecified atom stereocenters. The van der Waals surface area contributed by atoms with E-state index in [0.717, 1.165) is 13.0 Å². The van der Waals surface area contributed by atoms with Gasteiger partial charge in [0.15, 0.2) is 0 Å². The van der Waals surface area contributed by atoms with Gasteiger partial charge in [0.1, 0.15) is 0 Å². The van der Waals surface area contributed by atoms with Gasteiger partial charge in [-0.3, -0.25) is 0 Å². The Morgan fingerprint density at radius 1 is 1.50 bits per heavy atom. The molecule has 1 heteroatoms. The summed E-state index contributed by atoms with van der Waals surface area (Å²) < 4.78 is 4.93. The van der Waals surface area contributed by atoms with Gasteiger partial charge >= 0.3 is 0 Å². The smallest absolute Gasteiger partial charge is 0.0502 e. The van der Waals surface area contributed by atoms with E-state index < -0.39 is 0 Å². The van der Waals surface area contributed by atoms with E-state index in [1.54, 1.807) is 7.11 Å². The molecule has 1 aromatic rings. The third kappa shape index (κ3) is 2.19. The third-order valence-corrected chi connectivity index (χ3v) is 1.35. The summed E-state index contributed by atoms with van der Waals surface area (Å²) in [5, 5.41) is 0. The fourth-order valence-corrected chi connectivity index (χ4v) is 0.798. The Kier molecular flexibility index (Phi) is 2.97. The van der Waals surface area contributed by atoms with Gasteiger partial charge in [-0.2, -0.15) is 0 Å². The molecule has 0 aromatic heterocycles. The highest BCUT2D eigenvalue weighted by atomic mass is 16.5. The molecule has 0 heterocycles. The predicted molar refractivity (Wildman–Crippen MR) is 40.9 cm³/mol. The number of hydrogen-bond donors (Lipinski definition) is 0. The Morgan fingerprint density at radius 3 is 3.00 bits per heavy atom. The van der Waals surface area contributed by atoms with Crippen LogP contribution >= 0.6 is 0 Å². The van der Waals surface area contributed by atoms with Gasteiger partial charge in [-0.25, -0.2) is 0 Å². The Balaban J connectivity index is 2.43. The van der Waals surface area contributed by atoms with Crippen LogP contribution in [0.15, 0.2) is 24.3 Å². The number of methoxy groups -OCH3 is 1. The Morgan fingerprint density at radius 2 is 2.40 bits per heavy atom. The average molecular weight is 135 g/mol. The number of ether oxygens (including phenoxy) is 1. The van der Waals surface area contributed by atoms with Crippen molar-refractivity contribution in [2.24, 2.45) is 0 Å². The van der Waals surface area contributed by atoms with Crippen molar-refractivity contribution in [1.29, 1.82) is 0 Å². The quantitative estimate of drug-likeness (QED) is 0.612. The molecule has 0 N–H and O–H groups in total. The first-order valence-electron chi connectivity index (χ1n) is 3.38. The number of rotatable bonds is 3. The second-order valence-electron chi connectivity index (χ2n) is 2.13. The van der Waals surface area contributed by atoms with Gasteiger partial charge < -0.3 is 4.74 Å². The van der Waals surface area contributed by atoms with Crippen LogP contribution in [0, 0.1) is 6.07 Å². The first-order valence-corrected chi connectivity index (χ1v) is 3.38. The number of benzene rings is 1.